The van der Waals surface area contributed by atoms with Gasteiger partial charge in [0.2, 0.25) is 5.91 Å². The molecule has 3 aromatic rings. The van der Waals surface area contributed by atoms with Crippen LogP contribution in [-0.4, -0.2) is 25.1 Å². The van der Waals surface area contributed by atoms with Gasteiger partial charge in [-0.1, -0.05) is 30.7 Å². The molecule has 7 heteroatoms. The van der Waals surface area contributed by atoms with Crippen molar-refractivity contribution in [1.82, 2.24) is 10.3 Å². The Bertz CT molecular complexity index is 972. The zero-order valence-electron chi connectivity index (χ0n) is 16.6. The van der Waals surface area contributed by atoms with Crippen LogP contribution in [0.2, 0.25) is 5.02 Å². The molecule has 0 aliphatic carbocycles. The number of amides is 1. The average Bonchev–Trinajstić information content (AvgIpc) is 3.20. The van der Waals surface area contributed by atoms with Gasteiger partial charge in [0.15, 0.2) is 11.5 Å². The maximum Gasteiger partial charge on any atom is 0.226 e. The third-order valence-electron chi connectivity index (χ3n) is 4.54. The van der Waals surface area contributed by atoms with Crippen molar-refractivity contribution in [2.24, 2.45) is 0 Å². The molecule has 0 unspecified atom stereocenters. The van der Waals surface area contributed by atoms with Gasteiger partial charge in [0.25, 0.3) is 0 Å². The smallest absolute Gasteiger partial charge is 0.226 e. The molecule has 0 fully saturated rings. The molecule has 1 N–H and O–H groups in total. The number of halogens is 1. The minimum Gasteiger partial charge on any atom is -0.493 e. The molecule has 0 aliphatic heterocycles. The number of thiazole rings is 1. The van der Waals surface area contributed by atoms with Crippen molar-refractivity contribution < 1.29 is 14.3 Å². The number of ether oxygens (including phenoxy) is 2. The highest BCUT2D eigenvalue weighted by atomic mass is 35.5. The van der Waals surface area contributed by atoms with Crippen molar-refractivity contribution in [2.45, 2.75) is 25.8 Å². The Hall–Kier alpha value is -2.57. The number of hydrogen-bond acceptors (Lipinski definition) is 5. The van der Waals surface area contributed by atoms with Gasteiger partial charge in [-0.3, -0.25) is 4.79 Å². The Morgan fingerprint density at radius 1 is 1.14 bits per heavy atom. The monoisotopic (exact) mass is 430 g/mol. The third-order valence-corrected chi connectivity index (χ3v) is 5.73. The minimum absolute atomic E-state index is 0.0521. The first-order valence-corrected chi connectivity index (χ1v) is 10.5. The third kappa shape index (κ3) is 5.28. The fraction of sp³-hybridized carbons (Fsp3) is 0.273. The normalized spacial score (nSPS) is 11.7. The molecule has 0 bridgehead atoms. The van der Waals surface area contributed by atoms with Crippen molar-refractivity contribution in [3.63, 3.8) is 0 Å². The molecule has 29 heavy (non-hydrogen) atoms. The van der Waals surface area contributed by atoms with E-state index in [0.717, 1.165) is 28.2 Å². The van der Waals surface area contributed by atoms with Crippen LogP contribution in [0, 0.1) is 0 Å². The fourth-order valence-electron chi connectivity index (χ4n) is 3.02. The zero-order valence-corrected chi connectivity index (χ0v) is 18.1. The summed E-state index contributed by atoms with van der Waals surface area (Å²) in [6.07, 6.45) is 1.02. The summed E-state index contributed by atoms with van der Waals surface area (Å²) in [7, 11) is 3.20. The summed E-state index contributed by atoms with van der Waals surface area (Å²) in [5.74, 6) is 1.25. The Kier molecular flexibility index (Phi) is 7.12. The van der Waals surface area contributed by atoms with Gasteiger partial charge in [-0.2, -0.15) is 0 Å². The first-order valence-electron chi connectivity index (χ1n) is 9.25. The first-order chi connectivity index (χ1) is 14.0. The Morgan fingerprint density at radius 3 is 2.52 bits per heavy atom. The van der Waals surface area contributed by atoms with Crippen molar-refractivity contribution in [3.8, 4) is 22.1 Å². The molecule has 1 heterocycles. The second-order valence-corrected chi connectivity index (χ2v) is 7.76. The highest BCUT2D eigenvalue weighted by Crippen LogP contribution is 2.33. The van der Waals surface area contributed by atoms with Crippen LogP contribution in [-0.2, 0) is 11.2 Å². The van der Waals surface area contributed by atoms with Crippen LogP contribution in [0.4, 0.5) is 0 Å². The number of benzene rings is 2. The highest BCUT2D eigenvalue weighted by molar-refractivity contribution is 7.13. The standard InChI is InChI=1S/C22H23ClN2O3S/c1-4-18(14-5-8-16(23)9-6-14)25-21(26)12-17-13-29-22(24-17)15-7-10-19(27-2)20(11-15)28-3/h5-11,13,18H,4,12H2,1-3H3,(H,25,26)/t18-/m1/s1. The maximum atomic E-state index is 12.5. The summed E-state index contributed by atoms with van der Waals surface area (Å²) in [5, 5.41) is 6.50. The summed E-state index contributed by atoms with van der Waals surface area (Å²) in [5.41, 5.74) is 2.70. The van der Waals surface area contributed by atoms with Crippen molar-refractivity contribution >= 4 is 28.8 Å². The molecule has 2 aromatic carbocycles. The van der Waals surface area contributed by atoms with Gasteiger partial charge in [-0.15, -0.1) is 11.3 Å². The average molecular weight is 431 g/mol. The lowest BCUT2D eigenvalue weighted by molar-refractivity contribution is -0.121. The lowest BCUT2D eigenvalue weighted by Crippen LogP contribution is -2.29. The molecule has 0 saturated heterocycles. The topological polar surface area (TPSA) is 60.5 Å². The molecule has 5 nitrogen and oxygen atoms in total. The van der Waals surface area contributed by atoms with Crippen LogP contribution in [0.5, 0.6) is 11.5 Å². The lowest BCUT2D eigenvalue weighted by Gasteiger charge is -2.17. The quantitative estimate of drug-likeness (QED) is 0.527. The van der Waals surface area contributed by atoms with Gasteiger partial charge in [-0.05, 0) is 42.3 Å². The Balaban J connectivity index is 1.67. The predicted molar refractivity (Wildman–Crippen MR) is 117 cm³/mol. The van der Waals surface area contributed by atoms with Gasteiger partial charge in [-0.25, -0.2) is 4.98 Å². The Labute approximate surface area is 179 Å². The van der Waals surface area contributed by atoms with Gasteiger partial charge < -0.3 is 14.8 Å². The van der Waals surface area contributed by atoms with Crippen molar-refractivity contribution in [2.75, 3.05) is 14.2 Å². The van der Waals surface area contributed by atoms with Gasteiger partial charge in [0.05, 0.1) is 32.4 Å². The molecule has 1 amide bonds. The van der Waals surface area contributed by atoms with Gasteiger partial charge in [0.1, 0.15) is 5.01 Å². The van der Waals surface area contributed by atoms with Crippen LogP contribution in [0.3, 0.4) is 0 Å². The van der Waals surface area contributed by atoms with Crippen LogP contribution in [0.25, 0.3) is 10.6 Å². The fourth-order valence-corrected chi connectivity index (χ4v) is 3.96. The number of methoxy groups -OCH3 is 2. The lowest BCUT2D eigenvalue weighted by atomic mass is 10.0. The summed E-state index contributed by atoms with van der Waals surface area (Å²) in [6.45, 7) is 2.04. The second-order valence-electron chi connectivity index (χ2n) is 6.47. The van der Waals surface area contributed by atoms with Crippen LogP contribution in [0.1, 0.15) is 30.6 Å². The number of aromatic nitrogens is 1. The molecular formula is C22H23ClN2O3S. The molecule has 1 aromatic heterocycles. The van der Waals surface area contributed by atoms with E-state index in [4.69, 9.17) is 21.1 Å². The van der Waals surface area contributed by atoms with E-state index in [9.17, 15) is 4.79 Å². The zero-order chi connectivity index (χ0) is 20.8. The summed E-state index contributed by atoms with van der Waals surface area (Å²) in [6, 6.07) is 13.2. The number of hydrogen-bond donors (Lipinski definition) is 1. The molecule has 0 aliphatic rings. The minimum atomic E-state index is -0.0593. The summed E-state index contributed by atoms with van der Waals surface area (Å²) in [4.78, 5) is 17.2. The molecule has 0 spiro atoms. The number of carbonyl (C=O) groups is 1. The van der Waals surface area contributed by atoms with E-state index in [0.29, 0.717) is 16.5 Å². The maximum absolute atomic E-state index is 12.5. The SMILES string of the molecule is CC[C@@H](NC(=O)Cc1csc(-c2ccc(OC)c(OC)c2)n1)c1ccc(Cl)cc1. The predicted octanol–water partition coefficient (Wildman–Crippen LogP) is 5.29. The van der Waals surface area contributed by atoms with E-state index in [2.05, 4.69) is 10.3 Å². The van der Waals surface area contributed by atoms with E-state index < -0.39 is 0 Å². The van der Waals surface area contributed by atoms with Crippen LogP contribution < -0.4 is 14.8 Å². The molecule has 1 atom stereocenters. The highest BCUT2D eigenvalue weighted by Gasteiger charge is 2.15. The van der Waals surface area contributed by atoms with E-state index in [1.165, 1.54) is 11.3 Å². The number of carbonyl (C=O) groups excluding carboxylic acids is 1. The first kappa shape index (κ1) is 21.1. The van der Waals surface area contributed by atoms with Crippen LogP contribution in [0.15, 0.2) is 47.8 Å². The number of rotatable bonds is 8. The van der Waals surface area contributed by atoms with E-state index >= 15 is 0 Å². The van der Waals surface area contributed by atoms with Gasteiger partial charge >= 0.3 is 0 Å². The largest absolute Gasteiger partial charge is 0.493 e. The second kappa shape index (κ2) is 9.76. The van der Waals surface area contributed by atoms with Crippen molar-refractivity contribution in [1.29, 1.82) is 0 Å². The number of nitrogens with one attached hydrogen (secondary N) is 1. The number of nitrogens with zero attached hydrogens (tertiary/aromatic N) is 1. The van der Waals surface area contributed by atoms with Crippen molar-refractivity contribution in [3.05, 3.63) is 64.1 Å². The van der Waals surface area contributed by atoms with E-state index in [1.54, 1.807) is 14.2 Å². The molecule has 152 valence electrons. The van der Waals surface area contributed by atoms with Crippen LogP contribution >= 0.6 is 22.9 Å². The Morgan fingerprint density at radius 2 is 1.86 bits per heavy atom. The molecule has 0 saturated carbocycles. The van der Waals surface area contributed by atoms with E-state index in [-0.39, 0.29) is 18.4 Å². The summed E-state index contributed by atoms with van der Waals surface area (Å²) < 4.78 is 10.6. The van der Waals surface area contributed by atoms with Gasteiger partial charge in [0, 0.05) is 16.0 Å². The molecular weight excluding hydrogens is 408 g/mol. The summed E-state index contributed by atoms with van der Waals surface area (Å²) >= 11 is 7.45. The van der Waals surface area contributed by atoms with E-state index in [1.807, 2.05) is 54.8 Å². The molecule has 0 radical (unpaired) electrons. The molecule has 3 rings (SSSR count).